The molecule has 0 heterocycles. The molecule has 100 valence electrons. The van der Waals surface area contributed by atoms with Crippen molar-refractivity contribution in [3.8, 4) is 5.75 Å². The highest BCUT2D eigenvalue weighted by atomic mass is 35.5. The van der Waals surface area contributed by atoms with E-state index in [4.69, 9.17) is 11.6 Å². The molecule has 0 aliphatic heterocycles. The van der Waals surface area contributed by atoms with Crippen LogP contribution >= 0.6 is 11.6 Å². The third-order valence-electron chi connectivity index (χ3n) is 2.84. The number of phenols is 1. The van der Waals surface area contributed by atoms with E-state index in [9.17, 15) is 9.50 Å². The predicted octanol–water partition coefficient (Wildman–Crippen LogP) is 3.52. The molecule has 0 unspecified atom stereocenters. The molecular weight excluding hydrogens is 265 g/mol. The fourth-order valence-corrected chi connectivity index (χ4v) is 1.98. The largest absolute Gasteiger partial charge is 0.506 e. The van der Waals surface area contributed by atoms with Crippen LogP contribution in [0.4, 0.5) is 4.39 Å². The van der Waals surface area contributed by atoms with E-state index in [1.165, 1.54) is 12.1 Å². The zero-order chi connectivity index (χ0) is 13.7. The summed E-state index contributed by atoms with van der Waals surface area (Å²) in [4.78, 5) is 0. The Labute approximate surface area is 116 Å². The highest BCUT2D eigenvalue weighted by Gasteiger charge is 2.00. The van der Waals surface area contributed by atoms with Gasteiger partial charge in [0.2, 0.25) is 0 Å². The molecule has 2 aromatic rings. The van der Waals surface area contributed by atoms with Crippen LogP contribution in [0, 0.1) is 5.82 Å². The summed E-state index contributed by atoms with van der Waals surface area (Å²) in [5.74, 6) is -0.118. The van der Waals surface area contributed by atoms with Crippen LogP contribution in [-0.4, -0.2) is 11.7 Å². The Morgan fingerprint density at radius 2 is 1.74 bits per heavy atom. The quantitative estimate of drug-likeness (QED) is 0.821. The molecule has 0 aliphatic carbocycles. The molecule has 4 heteroatoms. The van der Waals surface area contributed by atoms with Gasteiger partial charge < -0.3 is 10.4 Å². The Morgan fingerprint density at radius 3 is 2.42 bits per heavy atom. The van der Waals surface area contributed by atoms with Gasteiger partial charge in [-0.2, -0.15) is 0 Å². The van der Waals surface area contributed by atoms with E-state index in [1.54, 1.807) is 24.3 Å². The molecule has 2 N–H and O–H groups in total. The zero-order valence-corrected chi connectivity index (χ0v) is 11.1. The summed E-state index contributed by atoms with van der Waals surface area (Å²) in [7, 11) is 0. The lowest BCUT2D eigenvalue weighted by Gasteiger charge is -2.06. The van der Waals surface area contributed by atoms with Crippen LogP contribution in [0.15, 0.2) is 42.5 Å². The zero-order valence-electron chi connectivity index (χ0n) is 10.4. The summed E-state index contributed by atoms with van der Waals surface area (Å²) in [6, 6.07) is 11.7. The van der Waals surface area contributed by atoms with E-state index in [2.05, 4.69) is 5.32 Å². The molecule has 0 amide bonds. The fraction of sp³-hybridized carbons (Fsp3) is 0.200. The average Bonchev–Trinajstić information content (AvgIpc) is 2.41. The standard InChI is InChI=1S/C15H15ClFNO/c16-14-9-12(3-6-15(14)19)10-18-8-7-11-1-4-13(17)5-2-11/h1-6,9,18-19H,7-8,10H2. The molecule has 19 heavy (non-hydrogen) atoms. The van der Waals surface area contributed by atoms with E-state index in [0.29, 0.717) is 11.6 Å². The maximum atomic E-state index is 12.7. The molecule has 2 nitrogen and oxygen atoms in total. The third kappa shape index (κ3) is 4.23. The summed E-state index contributed by atoms with van der Waals surface area (Å²) < 4.78 is 12.7. The van der Waals surface area contributed by atoms with Crippen molar-refractivity contribution in [3.63, 3.8) is 0 Å². The summed E-state index contributed by atoms with van der Waals surface area (Å²) in [6.07, 6.45) is 0.839. The van der Waals surface area contributed by atoms with E-state index in [1.807, 2.05) is 6.07 Å². The first-order valence-electron chi connectivity index (χ1n) is 6.08. The van der Waals surface area contributed by atoms with Crippen molar-refractivity contribution in [2.24, 2.45) is 0 Å². The first kappa shape index (κ1) is 13.8. The number of aromatic hydroxyl groups is 1. The molecule has 0 bridgehead atoms. The molecule has 0 atom stereocenters. The highest BCUT2D eigenvalue weighted by molar-refractivity contribution is 6.32. The van der Waals surface area contributed by atoms with Gasteiger partial charge in [-0.1, -0.05) is 29.8 Å². The summed E-state index contributed by atoms with van der Waals surface area (Å²) in [6.45, 7) is 1.48. The Morgan fingerprint density at radius 1 is 1.05 bits per heavy atom. The van der Waals surface area contributed by atoms with E-state index in [-0.39, 0.29) is 11.6 Å². The monoisotopic (exact) mass is 279 g/mol. The van der Waals surface area contributed by atoms with Crippen LogP contribution in [0.5, 0.6) is 5.75 Å². The summed E-state index contributed by atoms with van der Waals surface area (Å²) in [5, 5.41) is 12.9. The molecule has 0 fully saturated rings. The van der Waals surface area contributed by atoms with Crippen molar-refractivity contribution in [1.29, 1.82) is 0 Å². The maximum absolute atomic E-state index is 12.7. The van der Waals surface area contributed by atoms with Crippen molar-refractivity contribution in [2.75, 3.05) is 6.54 Å². The Balaban J connectivity index is 1.77. The van der Waals surface area contributed by atoms with Gasteiger partial charge in [0, 0.05) is 6.54 Å². The molecule has 0 aliphatic rings. The number of halogens is 2. The van der Waals surface area contributed by atoms with Crippen molar-refractivity contribution < 1.29 is 9.50 Å². The van der Waals surface area contributed by atoms with E-state index >= 15 is 0 Å². The Hall–Kier alpha value is -1.58. The van der Waals surface area contributed by atoms with E-state index < -0.39 is 0 Å². The SMILES string of the molecule is Oc1ccc(CNCCc2ccc(F)cc2)cc1Cl. The lowest BCUT2D eigenvalue weighted by molar-refractivity contribution is 0.475. The molecule has 2 aromatic carbocycles. The maximum Gasteiger partial charge on any atom is 0.134 e. The fourth-order valence-electron chi connectivity index (χ4n) is 1.78. The van der Waals surface area contributed by atoms with Gasteiger partial charge in [-0.25, -0.2) is 4.39 Å². The predicted molar refractivity (Wildman–Crippen MR) is 74.9 cm³/mol. The number of rotatable bonds is 5. The number of hydrogen-bond acceptors (Lipinski definition) is 2. The van der Waals surface area contributed by atoms with Gasteiger partial charge in [0.15, 0.2) is 0 Å². The molecule has 0 saturated carbocycles. The molecule has 0 radical (unpaired) electrons. The van der Waals surface area contributed by atoms with Crippen LogP contribution in [-0.2, 0) is 13.0 Å². The van der Waals surface area contributed by atoms with Gasteiger partial charge in [-0.3, -0.25) is 0 Å². The van der Waals surface area contributed by atoms with Gasteiger partial charge in [0.25, 0.3) is 0 Å². The summed E-state index contributed by atoms with van der Waals surface area (Å²) in [5.41, 5.74) is 2.11. The van der Waals surface area contributed by atoms with Crippen LogP contribution in [0.25, 0.3) is 0 Å². The first-order chi connectivity index (χ1) is 9.15. The smallest absolute Gasteiger partial charge is 0.134 e. The normalized spacial score (nSPS) is 10.6. The van der Waals surface area contributed by atoms with Crippen LogP contribution in [0.3, 0.4) is 0 Å². The minimum absolute atomic E-state index is 0.0942. The topological polar surface area (TPSA) is 32.3 Å². The minimum atomic E-state index is -0.213. The van der Waals surface area contributed by atoms with Crippen LogP contribution in [0.1, 0.15) is 11.1 Å². The van der Waals surface area contributed by atoms with Gasteiger partial charge in [0.05, 0.1) is 5.02 Å². The molecule has 0 saturated heterocycles. The van der Waals surface area contributed by atoms with Crippen LogP contribution in [0.2, 0.25) is 5.02 Å². The van der Waals surface area contributed by atoms with Crippen molar-refractivity contribution in [2.45, 2.75) is 13.0 Å². The molecule has 0 aromatic heterocycles. The van der Waals surface area contributed by atoms with Crippen molar-refractivity contribution >= 4 is 11.6 Å². The minimum Gasteiger partial charge on any atom is -0.506 e. The first-order valence-corrected chi connectivity index (χ1v) is 6.45. The summed E-state index contributed by atoms with van der Waals surface area (Å²) >= 11 is 5.82. The van der Waals surface area contributed by atoms with Crippen molar-refractivity contribution in [3.05, 3.63) is 64.4 Å². The van der Waals surface area contributed by atoms with E-state index in [0.717, 1.165) is 24.1 Å². The van der Waals surface area contributed by atoms with Crippen LogP contribution < -0.4 is 5.32 Å². The lowest BCUT2D eigenvalue weighted by Crippen LogP contribution is -2.16. The molecule has 2 rings (SSSR count). The van der Waals surface area contributed by atoms with Gasteiger partial charge in [-0.05, 0) is 48.4 Å². The third-order valence-corrected chi connectivity index (χ3v) is 3.15. The second-order valence-electron chi connectivity index (χ2n) is 4.34. The second-order valence-corrected chi connectivity index (χ2v) is 4.75. The number of benzene rings is 2. The molecular formula is C15H15ClFNO. The number of hydrogen-bond donors (Lipinski definition) is 2. The Kier molecular flexibility index (Phi) is 4.77. The van der Waals surface area contributed by atoms with Crippen molar-refractivity contribution in [1.82, 2.24) is 5.32 Å². The number of phenolic OH excluding ortho intramolecular Hbond substituents is 1. The average molecular weight is 280 g/mol. The van der Waals surface area contributed by atoms with Gasteiger partial charge in [0.1, 0.15) is 11.6 Å². The van der Waals surface area contributed by atoms with Gasteiger partial charge >= 0.3 is 0 Å². The molecule has 0 spiro atoms. The highest BCUT2D eigenvalue weighted by Crippen LogP contribution is 2.23. The van der Waals surface area contributed by atoms with Gasteiger partial charge in [-0.15, -0.1) is 0 Å². The number of nitrogens with one attached hydrogen (secondary N) is 1. The lowest BCUT2D eigenvalue weighted by atomic mass is 10.1. The Bertz CT molecular complexity index is 542. The second kappa shape index (κ2) is 6.55.